The summed E-state index contributed by atoms with van der Waals surface area (Å²) < 4.78 is 2.97. The number of rotatable bonds is 6. The molecule has 0 radical (unpaired) electrons. The Kier molecular flexibility index (Phi) is 5.72. The van der Waals surface area contributed by atoms with E-state index in [9.17, 15) is 4.79 Å². The van der Waals surface area contributed by atoms with Gasteiger partial charge in [0.2, 0.25) is 5.95 Å². The van der Waals surface area contributed by atoms with Gasteiger partial charge in [0.1, 0.15) is 5.52 Å². The van der Waals surface area contributed by atoms with Crippen LogP contribution in [0.15, 0.2) is 23.0 Å². The lowest BCUT2D eigenvalue weighted by molar-refractivity contribution is 0.281. The van der Waals surface area contributed by atoms with Gasteiger partial charge in [0.05, 0.1) is 16.6 Å². The van der Waals surface area contributed by atoms with Crippen molar-refractivity contribution in [3.05, 3.63) is 49.4 Å². The van der Waals surface area contributed by atoms with Crippen LogP contribution in [-0.4, -0.2) is 30.8 Å². The van der Waals surface area contributed by atoms with Crippen molar-refractivity contribution in [1.82, 2.24) is 19.1 Å². The number of imidazole rings is 1. The molecule has 3 aromatic rings. The minimum absolute atomic E-state index is 0.0158. The van der Waals surface area contributed by atoms with Crippen molar-refractivity contribution in [1.29, 1.82) is 0 Å². The molecule has 26 heavy (non-hydrogen) atoms. The Hall–Kier alpha value is -1.80. The van der Waals surface area contributed by atoms with Crippen molar-refractivity contribution in [2.45, 2.75) is 25.9 Å². The van der Waals surface area contributed by atoms with E-state index in [2.05, 4.69) is 9.97 Å². The second-order valence-corrected chi connectivity index (χ2v) is 6.92. The summed E-state index contributed by atoms with van der Waals surface area (Å²) in [5.41, 5.74) is 6.97. The number of unbranched alkanes of at least 4 members (excludes halogenated alkanes) is 1. The SMILES string of the molecule is Nc1nc(Cl)c2c(n1)n(Cc1ccc(Cl)c(Cl)c1)c(=O)n2CCCCO. The zero-order valence-electron chi connectivity index (χ0n) is 13.6. The van der Waals surface area contributed by atoms with Gasteiger partial charge in [0.15, 0.2) is 10.8 Å². The highest BCUT2D eigenvalue weighted by atomic mass is 35.5. The molecule has 0 saturated carbocycles. The first-order chi connectivity index (χ1) is 12.4. The monoisotopic (exact) mass is 415 g/mol. The van der Waals surface area contributed by atoms with Gasteiger partial charge in [-0.2, -0.15) is 9.97 Å². The number of halogens is 3. The minimum Gasteiger partial charge on any atom is -0.396 e. The highest BCUT2D eigenvalue weighted by molar-refractivity contribution is 6.42. The highest BCUT2D eigenvalue weighted by Gasteiger charge is 2.19. The van der Waals surface area contributed by atoms with Crippen LogP contribution in [-0.2, 0) is 13.1 Å². The van der Waals surface area contributed by atoms with Gasteiger partial charge in [-0.1, -0.05) is 40.9 Å². The zero-order valence-corrected chi connectivity index (χ0v) is 15.9. The molecule has 0 bridgehead atoms. The van der Waals surface area contributed by atoms with Gasteiger partial charge in [-0.25, -0.2) is 4.79 Å². The summed E-state index contributed by atoms with van der Waals surface area (Å²) in [6.45, 7) is 0.664. The third-order valence-corrected chi connectivity index (χ3v) is 4.94. The molecule has 0 saturated heterocycles. The molecular formula is C16H16Cl3N5O2. The molecule has 138 valence electrons. The summed E-state index contributed by atoms with van der Waals surface area (Å²) in [5, 5.41) is 9.93. The van der Waals surface area contributed by atoms with E-state index in [1.165, 1.54) is 9.13 Å². The number of hydrogen-bond acceptors (Lipinski definition) is 5. The summed E-state index contributed by atoms with van der Waals surface area (Å²) in [5.74, 6) is -0.0158. The summed E-state index contributed by atoms with van der Waals surface area (Å²) in [7, 11) is 0. The Morgan fingerprint density at radius 2 is 1.85 bits per heavy atom. The molecule has 0 atom stereocenters. The average molecular weight is 417 g/mol. The maximum Gasteiger partial charge on any atom is 0.330 e. The second kappa shape index (κ2) is 7.84. The Labute approximate surface area is 163 Å². The average Bonchev–Trinajstić information content (AvgIpc) is 2.84. The number of hydrogen-bond donors (Lipinski definition) is 2. The largest absolute Gasteiger partial charge is 0.396 e. The number of benzene rings is 1. The Balaban J connectivity index is 2.13. The molecule has 0 amide bonds. The molecule has 0 unspecified atom stereocenters. The predicted molar refractivity (Wildman–Crippen MR) is 103 cm³/mol. The second-order valence-electron chi connectivity index (χ2n) is 5.74. The number of nitrogens with zero attached hydrogens (tertiary/aromatic N) is 4. The molecular weight excluding hydrogens is 401 g/mol. The van der Waals surface area contributed by atoms with Crippen LogP contribution in [0.3, 0.4) is 0 Å². The Morgan fingerprint density at radius 3 is 2.54 bits per heavy atom. The Morgan fingerprint density at radius 1 is 1.08 bits per heavy atom. The van der Waals surface area contributed by atoms with Crippen LogP contribution in [0, 0.1) is 0 Å². The van der Waals surface area contributed by atoms with E-state index in [4.69, 9.17) is 45.6 Å². The molecule has 0 aliphatic rings. The van der Waals surface area contributed by atoms with Crippen molar-refractivity contribution >= 4 is 51.9 Å². The first kappa shape index (κ1) is 19.0. The molecule has 7 nitrogen and oxygen atoms in total. The number of anilines is 1. The zero-order chi connectivity index (χ0) is 18.8. The highest BCUT2D eigenvalue weighted by Crippen LogP contribution is 2.25. The smallest absolute Gasteiger partial charge is 0.330 e. The fourth-order valence-electron chi connectivity index (χ4n) is 2.74. The molecule has 3 rings (SSSR count). The number of nitrogens with two attached hydrogens (primary N) is 1. The van der Waals surface area contributed by atoms with Crippen molar-refractivity contribution in [2.24, 2.45) is 0 Å². The van der Waals surface area contributed by atoms with Crippen molar-refractivity contribution < 1.29 is 5.11 Å². The van der Waals surface area contributed by atoms with Crippen LogP contribution in [0.2, 0.25) is 15.2 Å². The van der Waals surface area contributed by atoms with E-state index in [0.717, 1.165) is 5.56 Å². The van der Waals surface area contributed by atoms with E-state index >= 15 is 0 Å². The fraction of sp³-hybridized carbons (Fsp3) is 0.312. The molecule has 0 fully saturated rings. The lowest BCUT2D eigenvalue weighted by Gasteiger charge is -2.05. The van der Waals surface area contributed by atoms with Crippen LogP contribution in [0.25, 0.3) is 11.2 Å². The number of aryl methyl sites for hydroxylation is 1. The Bertz CT molecular complexity index is 1020. The molecule has 0 aliphatic heterocycles. The van der Waals surface area contributed by atoms with E-state index in [-0.39, 0.29) is 29.9 Å². The minimum atomic E-state index is -0.286. The van der Waals surface area contributed by atoms with E-state index < -0.39 is 0 Å². The maximum absolute atomic E-state index is 12.9. The summed E-state index contributed by atoms with van der Waals surface area (Å²) in [4.78, 5) is 21.1. The summed E-state index contributed by atoms with van der Waals surface area (Å²) in [6, 6.07) is 5.14. The van der Waals surface area contributed by atoms with Crippen LogP contribution in [0.4, 0.5) is 5.95 Å². The van der Waals surface area contributed by atoms with Crippen molar-refractivity contribution in [3.8, 4) is 0 Å². The topological polar surface area (TPSA) is 99.0 Å². The van der Waals surface area contributed by atoms with E-state index in [1.54, 1.807) is 18.2 Å². The molecule has 2 heterocycles. The third-order valence-electron chi connectivity index (χ3n) is 3.94. The normalized spacial score (nSPS) is 11.4. The maximum atomic E-state index is 12.9. The first-order valence-electron chi connectivity index (χ1n) is 7.89. The third kappa shape index (κ3) is 3.66. The quantitative estimate of drug-likeness (QED) is 0.475. The molecule has 10 heteroatoms. The predicted octanol–water partition coefficient (Wildman–Crippen LogP) is 2.96. The van der Waals surface area contributed by atoms with Gasteiger partial charge in [-0.3, -0.25) is 9.13 Å². The summed E-state index contributed by atoms with van der Waals surface area (Å²) in [6.07, 6.45) is 1.18. The van der Waals surface area contributed by atoms with Gasteiger partial charge < -0.3 is 10.8 Å². The first-order valence-corrected chi connectivity index (χ1v) is 9.02. The van der Waals surface area contributed by atoms with Gasteiger partial charge in [0.25, 0.3) is 0 Å². The van der Waals surface area contributed by atoms with Crippen LogP contribution in [0.5, 0.6) is 0 Å². The van der Waals surface area contributed by atoms with Crippen molar-refractivity contribution in [2.75, 3.05) is 12.3 Å². The fourth-order valence-corrected chi connectivity index (χ4v) is 3.33. The van der Waals surface area contributed by atoms with Gasteiger partial charge in [0, 0.05) is 13.2 Å². The van der Waals surface area contributed by atoms with Crippen LogP contribution < -0.4 is 11.4 Å². The number of fused-ring (bicyclic) bond motifs is 1. The lowest BCUT2D eigenvalue weighted by atomic mass is 10.2. The number of nitrogen functional groups attached to an aromatic ring is 1. The molecule has 0 spiro atoms. The van der Waals surface area contributed by atoms with Crippen LogP contribution in [0.1, 0.15) is 18.4 Å². The lowest BCUT2D eigenvalue weighted by Crippen LogP contribution is -2.25. The molecule has 3 N–H and O–H groups in total. The number of aromatic nitrogens is 4. The number of aliphatic hydroxyl groups is 1. The molecule has 0 aliphatic carbocycles. The summed E-state index contributed by atoms with van der Waals surface area (Å²) >= 11 is 18.2. The van der Waals surface area contributed by atoms with Crippen LogP contribution >= 0.6 is 34.8 Å². The van der Waals surface area contributed by atoms with E-state index in [1.807, 2.05) is 0 Å². The van der Waals surface area contributed by atoms with Gasteiger partial charge >= 0.3 is 5.69 Å². The standard InChI is InChI=1S/C16H16Cl3N5O2/c17-10-4-3-9(7-11(10)18)8-24-14-12(13(19)21-15(20)22-14)23(16(24)26)5-1-2-6-25/h3-4,7,25H,1-2,5-6,8H2,(H2,20,21,22). The van der Waals surface area contributed by atoms with Crippen molar-refractivity contribution in [3.63, 3.8) is 0 Å². The van der Waals surface area contributed by atoms with Gasteiger partial charge in [-0.05, 0) is 30.5 Å². The molecule has 1 aromatic carbocycles. The molecule has 2 aromatic heterocycles. The van der Waals surface area contributed by atoms with Gasteiger partial charge in [-0.15, -0.1) is 0 Å². The van der Waals surface area contributed by atoms with E-state index in [0.29, 0.717) is 40.6 Å². The number of aliphatic hydroxyl groups excluding tert-OH is 1.